The molecule has 0 atom stereocenters. The van der Waals surface area contributed by atoms with Crippen LogP contribution in [-0.4, -0.2) is 10.1 Å². The molecule has 0 aliphatic carbocycles. The van der Waals surface area contributed by atoms with Gasteiger partial charge in [0.1, 0.15) is 0 Å². The van der Waals surface area contributed by atoms with Gasteiger partial charge < -0.3 is 4.46 Å². The first kappa shape index (κ1) is 8.82. The van der Waals surface area contributed by atoms with Crippen molar-refractivity contribution in [3.05, 3.63) is 0 Å². The average Bonchev–Trinajstić information content (AvgIpc) is 1.50. The van der Waals surface area contributed by atoms with Crippen LogP contribution in [0.1, 0.15) is 0 Å². The molecule has 0 aromatic heterocycles. The fraction of sp³-hybridized carbons (Fsp3) is 0. The van der Waals surface area contributed by atoms with E-state index < -0.39 is 0 Å². The standard InChI is InChI=1S/Nb.H2OSi.O/c;1-2;/h;2H2;. The van der Waals surface area contributed by atoms with E-state index in [0.717, 1.165) is 0 Å². The van der Waals surface area contributed by atoms with Crippen LogP contribution in [0.5, 0.6) is 0 Å². The zero-order chi connectivity index (χ0) is 4.00. The fourth-order valence-electron chi connectivity index (χ4n) is 0. The van der Waals surface area contributed by atoms with E-state index in [1.165, 1.54) is 0 Å². The third kappa shape index (κ3) is 20.0. The summed E-state index contributed by atoms with van der Waals surface area (Å²) in [5.74, 6) is 0. The van der Waals surface area contributed by atoms with Crippen molar-refractivity contribution in [3.8, 4) is 0 Å². The Hall–Kier alpha value is 0.557. The normalized spacial score (nSPS) is 1.75. The zero-order valence-corrected chi connectivity index (χ0v) is 5.58. The minimum atomic E-state index is 0.500. The third-order valence-electron chi connectivity index (χ3n) is 0. The molecule has 0 aromatic carbocycles. The monoisotopic (exact) mass is 155 g/mol. The zero-order valence-electron chi connectivity index (χ0n) is 1.97. The second-order valence-corrected chi connectivity index (χ2v) is 0. The molecule has 0 aliphatic rings. The second kappa shape index (κ2) is 74.9. The molecule has 0 saturated carbocycles. The number of rotatable bonds is 0. The van der Waals surface area contributed by atoms with Crippen molar-refractivity contribution < 1.29 is 28.8 Å². The van der Waals surface area contributed by atoms with Crippen LogP contribution in [0.15, 0.2) is 0 Å². The molecule has 0 N–H and O–H groups in total. The summed E-state index contributed by atoms with van der Waals surface area (Å²) in [6.07, 6.45) is 0. The van der Waals surface area contributed by atoms with Gasteiger partial charge in [0.25, 0.3) is 0 Å². The Morgan fingerprint density at radius 3 is 1.25 bits per heavy atom. The van der Waals surface area contributed by atoms with Gasteiger partial charge in [-0.05, 0) is 0 Å². The molecule has 0 amide bonds. The molecule has 0 radical (unpaired) electrons. The van der Waals surface area contributed by atoms with Crippen LogP contribution in [0.4, 0.5) is 0 Å². The van der Waals surface area contributed by atoms with Crippen molar-refractivity contribution in [1.29, 1.82) is 0 Å². The Morgan fingerprint density at radius 1 is 1.25 bits per heavy atom. The van der Waals surface area contributed by atoms with Crippen LogP contribution in [0, 0.1) is 0 Å². The van der Waals surface area contributed by atoms with Crippen LogP contribution in [0.25, 0.3) is 0 Å². The minimum absolute atomic E-state index is 0.500. The predicted octanol–water partition coefficient (Wildman–Crippen LogP) is -1.16. The first-order chi connectivity index (χ1) is 2.00. The maximum absolute atomic E-state index is 8.30. The van der Waals surface area contributed by atoms with E-state index in [1.807, 2.05) is 0 Å². The summed E-state index contributed by atoms with van der Waals surface area (Å²) in [4.78, 5) is 0. The quantitative estimate of drug-likeness (QED) is 0.413. The first-order valence-corrected chi connectivity index (χ1v) is 1.95. The van der Waals surface area contributed by atoms with Gasteiger partial charge in [-0.2, -0.15) is 0 Å². The van der Waals surface area contributed by atoms with Gasteiger partial charge in [0.15, 0.2) is 0 Å². The molecule has 0 aromatic rings. The van der Waals surface area contributed by atoms with Crippen molar-refractivity contribution in [1.82, 2.24) is 0 Å². The molecule has 23 valence electrons. The van der Waals surface area contributed by atoms with Crippen molar-refractivity contribution >= 4 is 10.1 Å². The van der Waals surface area contributed by atoms with Crippen molar-refractivity contribution in [2.75, 3.05) is 0 Å². The molecule has 0 heterocycles. The molecule has 0 fully saturated rings. The molecule has 0 unspecified atom stereocenters. The van der Waals surface area contributed by atoms with E-state index in [-0.39, 0.29) is 0 Å². The molecule has 0 spiro atoms. The van der Waals surface area contributed by atoms with Gasteiger partial charge >= 0.3 is 24.3 Å². The average molecular weight is 155 g/mol. The molecule has 4 heavy (non-hydrogen) atoms. The topological polar surface area (TPSA) is 34.1 Å². The van der Waals surface area contributed by atoms with Gasteiger partial charge in [-0.25, -0.2) is 0 Å². The van der Waals surface area contributed by atoms with Crippen LogP contribution >= 0.6 is 0 Å². The molecule has 4 heteroatoms. The molecule has 0 rings (SSSR count). The van der Waals surface area contributed by atoms with Gasteiger partial charge in [0.05, 0.1) is 0 Å². The summed E-state index contributed by atoms with van der Waals surface area (Å²) in [5.41, 5.74) is 0. The second-order valence-electron chi connectivity index (χ2n) is 0. The summed E-state index contributed by atoms with van der Waals surface area (Å²) in [5, 5.41) is 0. The van der Waals surface area contributed by atoms with Crippen LogP contribution < -0.4 is 0 Å². The Balaban J connectivity index is 0. The van der Waals surface area contributed by atoms with E-state index >= 15 is 0 Å². The van der Waals surface area contributed by atoms with Gasteiger partial charge in [-0.3, -0.25) is 0 Å². The Morgan fingerprint density at radius 2 is 1.25 bits per heavy atom. The van der Waals surface area contributed by atoms with E-state index in [9.17, 15) is 0 Å². The number of hydrogen-bond acceptors (Lipinski definition) is 2. The summed E-state index contributed by atoms with van der Waals surface area (Å²) >= 11 is 0.500. The molecule has 2 nitrogen and oxygen atoms in total. The number of hydrogen-bond donors (Lipinski definition) is 0. The molecular weight excluding hydrogens is 153 g/mol. The SMILES string of the molecule is O=[SiH2].[O]=[Nb]. The van der Waals surface area contributed by atoms with Gasteiger partial charge in [-0.1, -0.05) is 0 Å². The maximum atomic E-state index is 8.30. The summed E-state index contributed by atoms with van der Waals surface area (Å²) in [6.45, 7) is 0. The van der Waals surface area contributed by atoms with Crippen molar-refractivity contribution in [3.63, 3.8) is 0 Å². The van der Waals surface area contributed by atoms with Gasteiger partial charge in [0, 0.05) is 0 Å². The van der Waals surface area contributed by atoms with Crippen molar-refractivity contribution in [2.24, 2.45) is 0 Å². The van der Waals surface area contributed by atoms with Crippen LogP contribution in [0.2, 0.25) is 0 Å². The predicted molar refractivity (Wildman–Crippen MR) is 9.92 cm³/mol. The third-order valence-corrected chi connectivity index (χ3v) is 0. The molecule has 0 bridgehead atoms. The van der Waals surface area contributed by atoms with Crippen LogP contribution in [-0.2, 0) is 28.8 Å². The van der Waals surface area contributed by atoms with E-state index in [2.05, 4.69) is 0 Å². The summed E-state index contributed by atoms with van der Waals surface area (Å²) in [7, 11) is 0.611. The summed E-state index contributed by atoms with van der Waals surface area (Å²) in [6, 6.07) is 0. The van der Waals surface area contributed by atoms with Gasteiger partial charge in [0.2, 0.25) is 10.1 Å². The van der Waals surface area contributed by atoms with E-state index in [1.54, 1.807) is 0 Å². The van der Waals surface area contributed by atoms with Crippen LogP contribution in [0.3, 0.4) is 0 Å². The Kier molecular flexibility index (Phi) is 165. The van der Waals surface area contributed by atoms with E-state index in [0.29, 0.717) is 31.2 Å². The molecule has 0 aliphatic heterocycles. The summed E-state index contributed by atoms with van der Waals surface area (Å²) < 4.78 is 16.6. The van der Waals surface area contributed by atoms with Gasteiger partial charge in [-0.15, -0.1) is 0 Å². The Bertz CT molecular complexity index is 8.00. The Labute approximate surface area is 39.3 Å². The first-order valence-electron chi connectivity index (χ1n) is 0.471. The van der Waals surface area contributed by atoms with Crippen molar-refractivity contribution in [2.45, 2.75) is 0 Å². The fourth-order valence-corrected chi connectivity index (χ4v) is 0. The van der Waals surface area contributed by atoms with E-state index in [4.69, 9.17) is 7.71 Å². The molecule has 0 saturated heterocycles. The molecular formula is H2NbO2Si.